The zero-order valence-electron chi connectivity index (χ0n) is 21.5. The van der Waals surface area contributed by atoms with Crippen molar-refractivity contribution in [2.75, 3.05) is 12.3 Å². The van der Waals surface area contributed by atoms with Crippen LogP contribution in [0.25, 0.3) is 0 Å². The lowest BCUT2D eigenvalue weighted by Gasteiger charge is -2.43. The van der Waals surface area contributed by atoms with Crippen molar-refractivity contribution in [1.29, 1.82) is 0 Å². The molecule has 3 rings (SSSR count). The number of Topliss-reactive ketones (excluding diaryl/α,β-unsaturated/α-hetero) is 1. The minimum Gasteiger partial charge on any atom is -0.504 e. The average Bonchev–Trinajstić information content (AvgIpc) is 3.31. The summed E-state index contributed by atoms with van der Waals surface area (Å²) >= 11 is 0.952. The molecule has 2 heterocycles. The fourth-order valence-electron chi connectivity index (χ4n) is 3.64. The van der Waals surface area contributed by atoms with Crippen LogP contribution >= 0.6 is 11.3 Å². The lowest BCUT2D eigenvalue weighted by atomic mass is 9.84. The number of carboxylic acids is 1. The number of aliphatic hydroxyl groups excluding tert-OH is 1. The molecule has 1 fully saturated rings. The number of oxime groups is 1. The van der Waals surface area contributed by atoms with Crippen molar-refractivity contribution < 1.29 is 47.2 Å². The molecule has 41 heavy (non-hydrogen) atoms. The summed E-state index contributed by atoms with van der Waals surface area (Å²) in [4.78, 5) is 62.0. The highest BCUT2D eigenvalue weighted by Crippen LogP contribution is 2.33. The number of amides is 1. The van der Waals surface area contributed by atoms with Crippen molar-refractivity contribution in [3.05, 3.63) is 34.6 Å². The Kier molecular flexibility index (Phi) is 9.04. The number of aromatic nitrogens is 1. The molecule has 0 aromatic carbocycles. The molecule has 17 nitrogen and oxygen atoms in total. The van der Waals surface area contributed by atoms with Gasteiger partial charge in [-0.1, -0.05) is 5.16 Å². The topological polar surface area (TPSA) is 278 Å². The number of hydrazone groups is 1. The molecule has 1 aromatic heterocycles. The van der Waals surface area contributed by atoms with E-state index in [1.807, 2.05) is 0 Å². The van der Waals surface area contributed by atoms with Gasteiger partial charge in [-0.3, -0.25) is 23.9 Å². The predicted molar refractivity (Wildman–Crippen MR) is 145 cm³/mol. The van der Waals surface area contributed by atoms with Crippen molar-refractivity contribution in [1.82, 2.24) is 9.29 Å². The molecule has 2 atom stereocenters. The lowest BCUT2D eigenvalue weighted by Crippen LogP contribution is -2.64. The maximum atomic E-state index is 13.2. The first-order valence-corrected chi connectivity index (χ1v) is 13.8. The summed E-state index contributed by atoms with van der Waals surface area (Å²) in [6.07, 6.45) is 2.89. The van der Waals surface area contributed by atoms with Crippen LogP contribution in [0.5, 0.6) is 0 Å². The Labute approximate surface area is 236 Å². The number of aliphatic carboxylic acids is 1. The Morgan fingerprint density at radius 1 is 1.34 bits per heavy atom. The van der Waals surface area contributed by atoms with E-state index in [-0.39, 0.29) is 27.3 Å². The summed E-state index contributed by atoms with van der Waals surface area (Å²) in [6, 6.07) is -1.32. The molecule has 1 saturated heterocycles. The van der Waals surface area contributed by atoms with Crippen molar-refractivity contribution in [3.63, 3.8) is 0 Å². The number of thiazole rings is 1. The van der Waals surface area contributed by atoms with E-state index in [9.17, 15) is 42.4 Å². The van der Waals surface area contributed by atoms with Crippen LogP contribution in [0.3, 0.4) is 0 Å². The van der Waals surface area contributed by atoms with E-state index in [4.69, 9.17) is 16.4 Å². The summed E-state index contributed by atoms with van der Waals surface area (Å²) in [7, 11) is -5.03. The second-order valence-electron chi connectivity index (χ2n) is 9.17. The average molecular weight is 612 g/mol. The largest absolute Gasteiger partial charge is 0.504 e. The van der Waals surface area contributed by atoms with Crippen LogP contribution in [-0.2, 0) is 34.3 Å². The van der Waals surface area contributed by atoms with Gasteiger partial charge in [0.2, 0.25) is 17.3 Å². The van der Waals surface area contributed by atoms with Gasteiger partial charge in [0, 0.05) is 18.0 Å². The Hall–Kier alpha value is -4.49. The van der Waals surface area contributed by atoms with E-state index in [1.165, 1.54) is 25.3 Å². The molecule has 0 unspecified atom stereocenters. The number of nitrogen functional groups attached to an aromatic ring is 1. The fourth-order valence-corrected chi connectivity index (χ4v) is 5.10. The molecule has 1 aromatic rings. The van der Waals surface area contributed by atoms with Crippen LogP contribution in [0.1, 0.15) is 32.4 Å². The summed E-state index contributed by atoms with van der Waals surface area (Å²) in [5.41, 5.74) is 3.59. The number of anilines is 1. The maximum absolute atomic E-state index is 13.2. The number of nitrogens with two attached hydrogens (primary N) is 2. The van der Waals surface area contributed by atoms with Gasteiger partial charge in [0.1, 0.15) is 11.4 Å². The Morgan fingerprint density at radius 3 is 2.56 bits per heavy atom. The number of aliphatic hydroxyl groups is 1. The number of carboxylic acid groups (broad SMARTS) is 1. The molecule has 1 aliphatic heterocycles. The number of carbonyl (C=O) groups is 4. The standard InChI is InChI=1S/C22H25N7O10S2/c1-22(2,20(34)35)39-28-18(13-9-40-21(23)26-13)17(32)6-11-14(29(19(11)33)41(36,37)38)8-25-7-12(27-24)10-3-4-15(30)16(31)5-10/h4-5,7,9,11,14,30H,3,6,8,24H2,1-2H3,(H2,23,26)(H,34,35)(H,36,37,38)/b25-7?,27-12?,28-18-/t11-,14+/m0/s1. The molecular formula is C22H25N7O10S2. The fraction of sp³-hybridized carbons (Fsp3) is 0.364. The van der Waals surface area contributed by atoms with Crippen LogP contribution in [0, 0.1) is 5.92 Å². The first-order valence-electron chi connectivity index (χ1n) is 11.5. The highest BCUT2D eigenvalue weighted by Gasteiger charge is 2.53. The molecule has 1 amide bonds. The molecule has 0 radical (unpaired) electrons. The van der Waals surface area contributed by atoms with Gasteiger partial charge in [-0.05, 0) is 38.0 Å². The lowest BCUT2D eigenvalue weighted by molar-refractivity contribution is -0.161. The quantitative estimate of drug-likeness (QED) is 0.0663. The number of β-lactam (4-membered cyclic amide) rings is 1. The van der Waals surface area contributed by atoms with E-state index in [1.54, 1.807) is 0 Å². The SMILES string of the molecule is CC(C)(O/N=C(\C(=O)C[C@@H]1C(=O)N(S(=O)(=O)O)[C@@H]1CN=CC(=NN)C1=CC(=O)C(O)=CC1)c1csc(N)n1)C(=O)O. The molecule has 0 spiro atoms. The van der Waals surface area contributed by atoms with Crippen LogP contribution < -0.4 is 11.6 Å². The van der Waals surface area contributed by atoms with Gasteiger partial charge in [0.25, 0.3) is 0 Å². The first-order chi connectivity index (χ1) is 19.1. The molecule has 7 N–H and O–H groups in total. The minimum atomic E-state index is -5.03. The van der Waals surface area contributed by atoms with Gasteiger partial charge in [0.15, 0.2) is 22.4 Å². The van der Waals surface area contributed by atoms with E-state index in [0.717, 1.165) is 23.6 Å². The van der Waals surface area contributed by atoms with Crippen LogP contribution in [0.15, 0.2) is 44.1 Å². The predicted octanol–water partition coefficient (Wildman–Crippen LogP) is -0.375. The third-order valence-electron chi connectivity index (χ3n) is 5.91. The zero-order chi connectivity index (χ0) is 30.7. The second kappa shape index (κ2) is 11.9. The number of nitrogens with zero attached hydrogens (tertiary/aromatic N) is 5. The summed E-state index contributed by atoms with van der Waals surface area (Å²) in [6.45, 7) is 1.92. The number of hydrogen-bond acceptors (Lipinski definition) is 15. The van der Waals surface area contributed by atoms with Crippen molar-refractivity contribution in [3.8, 4) is 0 Å². The Balaban J connectivity index is 1.84. The van der Waals surface area contributed by atoms with Gasteiger partial charge in [0.05, 0.1) is 18.5 Å². The van der Waals surface area contributed by atoms with E-state index in [2.05, 4.69) is 20.2 Å². The van der Waals surface area contributed by atoms with Crippen molar-refractivity contribution in [2.24, 2.45) is 27.0 Å². The van der Waals surface area contributed by atoms with Gasteiger partial charge in [-0.25, -0.2) is 14.1 Å². The van der Waals surface area contributed by atoms with Crippen LogP contribution in [0.4, 0.5) is 5.13 Å². The zero-order valence-corrected chi connectivity index (χ0v) is 23.1. The molecule has 0 saturated carbocycles. The van der Waals surface area contributed by atoms with Gasteiger partial charge in [-0.15, -0.1) is 11.3 Å². The van der Waals surface area contributed by atoms with E-state index in [0.29, 0.717) is 5.57 Å². The number of ketones is 2. The highest BCUT2D eigenvalue weighted by atomic mass is 32.2. The van der Waals surface area contributed by atoms with Crippen molar-refractivity contribution >= 4 is 67.9 Å². The first kappa shape index (κ1) is 31.0. The normalized spacial score (nSPS) is 20.5. The maximum Gasteiger partial charge on any atom is 0.362 e. The Bertz CT molecular complexity index is 1540. The van der Waals surface area contributed by atoms with Crippen molar-refractivity contribution in [2.45, 2.75) is 38.3 Å². The third-order valence-corrected chi connectivity index (χ3v) is 7.53. The molecule has 220 valence electrons. The smallest absolute Gasteiger partial charge is 0.362 e. The van der Waals surface area contributed by atoms with E-state index >= 15 is 0 Å². The molecule has 0 bridgehead atoms. The number of aliphatic imine (C=N–C) groups is 1. The van der Waals surface area contributed by atoms with Gasteiger partial charge in [-0.2, -0.15) is 13.5 Å². The van der Waals surface area contributed by atoms with Gasteiger partial charge >= 0.3 is 16.3 Å². The second-order valence-corrected chi connectivity index (χ2v) is 11.3. The summed E-state index contributed by atoms with van der Waals surface area (Å²) < 4.78 is 33.4. The van der Waals surface area contributed by atoms with Crippen LogP contribution in [-0.4, -0.2) is 91.7 Å². The summed E-state index contributed by atoms with van der Waals surface area (Å²) in [5.74, 6) is -0.415. The number of carbonyl (C=O) groups excluding carboxylic acids is 3. The molecule has 19 heteroatoms. The van der Waals surface area contributed by atoms with E-state index < -0.39 is 75.7 Å². The Morgan fingerprint density at radius 2 is 2.02 bits per heavy atom. The monoisotopic (exact) mass is 611 g/mol. The highest BCUT2D eigenvalue weighted by molar-refractivity contribution is 7.84. The minimum absolute atomic E-state index is 0.0208. The number of hydrogen-bond donors (Lipinski definition) is 5. The van der Waals surface area contributed by atoms with Crippen LogP contribution in [0.2, 0.25) is 0 Å². The van der Waals surface area contributed by atoms with Gasteiger partial charge < -0.3 is 26.6 Å². The number of rotatable bonds is 12. The third kappa shape index (κ3) is 6.99. The number of allylic oxidation sites excluding steroid dienone is 3. The molecule has 1 aliphatic carbocycles. The summed E-state index contributed by atoms with van der Waals surface area (Å²) in [5, 5.41) is 27.3. The molecule has 2 aliphatic rings. The molecular weight excluding hydrogens is 586 g/mol.